The van der Waals surface area contributed by atoms with Gasteiger partial charge in [-0.25, -0.2) is 0 Å². The highest BCUT2D eigenvalue weighted by molar-refractivity contribution is 7.99. The molecule has 0 atom stereocenters. The predicted molar refractivity (Wildman–Crippen MR) is 117 cm³/mol. The van der Waals surface area contributed by atoms with Gasteiger partial charge in [0, 0.05) is 15.5 Å². The average Bonchev–Trinajstić information content (AvgIpc) is 2.76. The van der Waals surface area contributed by atoms with Crippen LogP contribution in [0.25, 0.3) is 0 Å². The normalized spacial score (nSPS) is 13.4. The fraction of sp³-hybridized carbons (Fsp3) is 0. The van der Waals surface area contributed by atoms with Crippen LogP contribution in [0.2, 0.25) is 0 Å². The zero-order chi connectivity index (χ0) is 18.5. The molecule has 0 aromatic heterocycles. The first kappa shape index (κ1) is 15.9. The fourth-order valence-electron chi connectivity index (χ4n) is 4.13. The lowest BCUT2D eigenvalue weighted by Gasteiger charge is -2.40. The molecule has 6 rings (SSSR count). The van der Waals surface area contributed by atoms with Crippen molar-refractivity contribution in [2.45, 2.75) is 9.79 Å². The molecule has 0 fully saturated rings. The zero-order valence-corrected chi connectivity index (χ0v) is 15.9. The van der Waals surface area contributed by atoms with Crippen molar-refractivity contribution in [1.29, 1.82) is 0 Å². The van der Waals surface area contributed by atoms with Crippen molar-refractivity contribution in [3.8, 4) is 5.75 Å². The summed E-state index contributed by atoms with van der Waals surface area (Å²) < 4.78 is 6.53. The predicted octanol–water partition coefficient (Wildman–Crippen LogP) is 5.12. The van der Waals surface area contributed by atoms with Gasteiger partial charge in [0.15, 0.2) is 0 Å². The molecule has 132 valence electrons. The highest BCUT2D eigenvalue weighted by Crippen LogP contribution is 2.51. The standard InChI is InChI=1S/C24H16BNOS/c1-2-9-17(10-3-1)27-25-18-11-4-5-13-20(18)26-21-14-6-7-15-22(21)28-23-16-8-12-19(25)24(23)26/h1-16H. The zero-order valence-electron chi connectivity index (χ0n) is 15.1. The average molecular weight is 377 g/mol. The van der Waals surface area contributed by atoms with Gasteiger partial charge in [-0.3, -0.25) is 0 Å². The van der Waals surface area contributed by atoms with Crippen LogP contribution in [0.5, 0.6) is 5.75 Å². The van der Waals surface area contributed by atoms with E-state index in [4.69, 9.17) is 4.65 Å². The molecule has 0 spiro atoms. The Morgan fingerprint density at radius 1 is 0.607 bits per heavy atom. The molecule has 4 aromatic carbocycles. The van der Waals surface area contributed by atoms with E-state index in [-0.39, 0.29) is 6.92 Å². The van der Waals surface area contributed by atoms with Crippen LogP contribution in [0.4, 0.5) is 17.1 Å². The van der Waals surface area contributed by atoms with Gasteiger partial charge < -0.3 is 9.55 Å². The van der Waals surface area contributed by atoms with Crippen LogP contribution in [0, 0.1) is 0 Å². The minimum absolute atomic E-state index is 0.129. The first-order valence-corrected chi connectivity index (χ1v) is 10.2. The second-order valence-electron chi connectivity index (χ2n) is 6.97. The number of hydrogen-bond acceptors (Lipinski definition) is 3. The second-order valence-corrected chi connectivity index (χ2v) is 8.05. The van der Waals surface area contributed by atoms with Crippen LogP contribution in [-0.2, 0) is 0 Å². The number of nitrogens with zero attached hydrogens (tertiary/aromatic N) is 1. The molecule has 0 saturated heterocycles. The lowest BCUT2D eigenvalue weighted by molar-refractivity contribution is 0.591. The molecular weight excluding hydrogens is 361 g/mol. The van der Waals surface area contributed by atoms with Crippen molar-refractivity contribution in [1.82, 2.24) is 0 Å². The van der Waals surface area contributed by atoms with Gasteiger partial charge in [-0.2, -0.15) is 0 Å². The third-order valence-corrected chi connectivity index (χ3v) is 6.43. The third-order valence-electron chi connectivity index (χ3n) is 5.32. The summed E-state index contributed by atoms with van der Waals surface area (Å²) in [5.74, 6) is 0.886. The van der Waals surface area contributed by atoms with E-state index in [1.165, 1.54) is 37.8 Å². The molecule has 0 aliphatic carbocycles. The number of fused-ring (bicyclic) bond motifs is 4. The maximum atomic E-state index is 6.53. The molecular formula is C24H16BNOS. The van der Waals surface area contributed by atoms with Crippen LogP contribution in [0.1, 0.15) is 0 Å². The van der Waals surface area contributed by atoms with Gasteiger partial charge in [0.1, 0.15) is 0 Å². The van der Waals surface area contributed by atoms with E-state index in [0.29, 0.717) is 0 Å². The summed E-state index contributed by atoms with van der Waals surface area (Å²) in [6.45, 7) is -0.129. The van der Waals surface area contributed by atoms with Crippen molar-refractivity contribution in [2.75, 3.05) is 4.90 Å². The molecule has 28 heavy (non-hydrogen) atoms. The molecule has 0 radical (unpaired) electrons. The topological polar surface area (TPSA) is 12.5 Å². The molecule has 0 unspecified atom stereocenters. The molecule has 4 heteroatoms. The van der Waals surface area contributed by atoms with E-state index in [0.717, 1.165) is 5.75 Å². The van der Waals surface area contributed by atoms with Crippen molar-refractivity contribution in [3.05, 3.63) is 97.1 Å². The maximum Gasteiger partial charge on any atom is 0.430 e. The summed E-state index contributed by atoms with van der Waals surface area (Å²) in [7, 11) is 0. The Morgan fingerprint density at radius 3 is 2.18 bits per heavy atom. The summed E-state index contributed by atoms with van der Waals surface area (Å²) in [6, 6.07) is 33.9. The first-order chi connectivity index (χ1) is 13.9. The summed E-state index contributed by atoms with van der Waals surface area (Å²) in [6.07, 6.45) is 0. The summed E-state index contributed by atoms with van der Waals surface area (Å²) >= 11 is 1.84. The van der Waals surface area contributed by atoms with E-state index in [1.807, 2.05) is 42.1 Å². The number of rotatable bonds is 2. The largest absolute Gasteiger partial charge is 0.551 e. The molecule has 0 saturated carbocycles. The Hall–Kier alpha value is -3.11. The van der Waals surface area contributed by atoms with Crippen LogP contribution >= 0.6 is 11.8 Å². The maximum absolute atomic E-state index is 6.53. The Balaban J connectivity index is 1.60. The second kappa shape index (κ2) is 6.21. The number of benzene rings is 4. The van der Waals surface area contributed by atoms with Crippen LogP contribution in [0.15, 0.2) is 107 Å². The van der Waals surface area contributed by atoms with E-state index in [2.05, 4.69) is 71.6 Å². The van der Waals surface area contributed by atoms with E-state index < -0.39 is 0 Å². The molecule has 2 aliphatic rings. The van der Waals surface area contributed by atoms with E-state index >= 15 is 0 Å². The van der Waals surface area contributed by atoms with Gasteiger partial charge in [-0.15, -0.1) is 0 Å². The van der Waals surface area contributed by atoms with Gasteiger partial charge in [-0.1, -0.05) is 72.4 Å². The minimum atomic E-state index is -0.129. The molecule has 4 aromatic rings. The molecule has 0 bridgehead atoms. The Morgan fingerprint density at radius 2 is 1.29 bits per heavy atom. The van der Waals surface area contributed by atoms with Gasteiger partial charge >= 0.3 is 6.92 Å². The Bertz CT molecular complexity index is 1190. The number of anilines is 3. The smallest absolute Gasteiger partial charge is 0.430 e. The minimum Gasteiger partial charge on any atom is -0.551 e. The van der Waals surface area contributed by atoms with Gasteiger partial charge in [-0.05, 0) is 47.3 Å². The van der Waals surface area contributed by atoms with Crippen LogP contribution in [-0.4, -0.2) is 6.92 Å². The summed E-state index contributed by atoms with van der Waals surface area (Å²) in [5, 5.41) is 0. The highest BCUT2D eigenvalue weighted by atomic mass is 32.2. The third kappa shape index (κ3) is 2.31. The fourth-order valence-corrected chi connectivity index (χ4v) is 5.23. The van der Waals surface area contributed by atoms with Crippen LogP contribution in [0.3, 0.4) is 0 Å². The lowest BCUT2D eigenvalue weighted by atomic mass is 9.52. The monoisotopic (exact) mass is 377 g/mol. The Kier molecular flexibility index (Phi) is 3.53. The molecule has 2 aliphatic heterocycles. The summed E-state index contributed by atoms with van der Waals surface area (Å²) in [5.41, 5.74) is 6.07. The quantitative estimate of drug-likeness (QED) is 0.396. The van der Waals surface area contributed by atoms with E-state index in [1.54, 1.807) is 0 Å². The van der Waals surface area contributed by atoms with Gasteiger partial charge in [0.05, 0.1) is 17.1 Å². The van der Waals surface area contributed by atoms with Crippen LogP contribution < -0.4 is 20.5 Å². The highest BCUT2D eigenvalue weighted by Gasteiger charge is 2.40. The van der Waals surface area contributed by atoms with Crippen molar-refractivity contribution in [3.63, 3.8) is 0 Å². The Labute approximate surface area is 168 Å². The van der Waals surface area contributed by atoms with Crippen molar-refractivity contribution in [2.24, 2.45) is 0 Å². The van der Waals surface area contributed by atoms with Crippen molar-refractivity contribution >= 4 is 46.7 Å². The lowest BCUT2D eigenvalue weighted by Crippen LogP contribution is -2.54. The van der Waals surface area contributed by atoms with Gasteiger partial charge in [0.25, 0.3) is 0 Å². The SMILES string of the molecule is c1ccc(OB2c3ccccc3N3c4ccccc4Sc4cccc2c43)cc1. The number of para-hydroxylation sites is 4. The van der Waals surface area contributed by atoms with Crippen molar-refractivity contribution < 1.29 is 4.65 Å². The molecule has 2 nitrogen and oxygen atoms in total. The summed E-state index contributed by atoms with van der Waals surface area (Å²) in [4.78, 5) is 4.95. The first-order valence-electron chi connectivity index (χ1n) is 9.41. The van der Waals surface area contributed by atoms with Gasteiger partial charge in [0.2, 0.25) is 0 Å². The number of hydrogen-bond donors (Lipinski definition) is 0. The molecule has 0 amide bonds. The van der Waals surface area contributed by atoms with E-state index in [9.17, 15) is 0 Å². The molecule has 0 N–H and O–H groups in total. The molecule has 2 heterocycles.